The van der Waals surface area contributed by atoms with Gasteiger partial charge in [-0.2, -0.15) is 10.2 Å². The monoisotopic (exact) mass is 284 g/mol. The summed E-state index contributed by atoms with van der Waals surface area (Å²) in [6.45, 7) is 1.97. The van der Waals surface area contributed by atoms with Crippen molar-refractivity contribution in [1.82, 2.24) is 9.97 Å². The van der Waals surface area contributed by atoms with Crippen molar-refractivity contribution in [3.8, 4) is 23.4 Å². The lowest BCUT2D eigenvalue weighted by Gasteiger charge is -2.11. The molecular formula is C15H16N4O2. The molecule has 0 bridgehead atoms. The molecule has 2 aromatic rings. The first-order valence-corrected chi connectivity index (χ1v) is 6.51. The smallest absolute Gasteiger partial charge is 0.224 e. The van der Waals surface area contributed by atoms with Crippen molar-refractivity contribution in [1.29, 1.82) is 5.26 Å². The zero-order valence-corrected chi connectivity index (χ0v) is 12.2. The molecule has 1 aromatic carbocycles. The van der Waals surface area contributed by atoms with Gasteiger partial charge in [0.15, 0.2) is 11.5 Å². The molecule has 1 aromatic heterocycles. The van der Waals surface area contributed by atoms with E-state index < -0.39 is 0 Å². The van der Waals surface area contributed by atoms with Crippen molar-refractivity contribution in [2.24, 2.45) is 0 Å². The van der Waals surface area contributed by atoms with E-state index in [4.69, 9.17) is 14.7 Å². The van der Waals surface area contributed by atoms with Crippen LogP contribution in [0.25, 0.3) is 0 Å². The van der Waals surface area contributed by atoms with E-state index in [-0.39, 0.29) is 0 Å². The molecule has 0 fully saturated rings. The fourth-order valence-electron chi connectivity index (χ4n) is 1.75. The van der Waals surface area contributed by atoms with Crippen LogP contribution in [0.2, 0.25) is 0 Å². The molecule has 0 aliphatic heterocycles. The van der Waals surface area contributed by atoms with E-state index in [1.165, 1.54) is 7.11 Å². The largest absolute Gasteiger partial charge is 0.493 e. The maximum absolute atomic E-state index is 8.90. The minimum absolute atomic E-state index is 0.425. The van der Waals surface area contributed by atoms with Crippen molar-refractivity contribution in [3.05, 3.63) is 35.7 Å². The van der Waals surface area contributed by atoms with Crippen LogP contribution >= 0.6 is 0 Å². The van der Waals surface area contributed by atoms with E-state index in [1.54, 1.807) is 31.3 Å². The second-order valence-electron chi connectivity index (χ2n) is 4.19. The van der Waals surface area contributed by atoms with Gasteiger partial charge in [-0.15, -0.1) is 0 Å². The lowest BCUT2D eigenvalue weighted by molar-refractivity contribution is 0.373. The molecule has 0 saturated heterocycles. The van der Waals surface area contributed by atoms with E-state index in [1.807, 2.05) is 6.92 Å². The van der Waals surface area contributed by atoms with Gasteiger partial charge in [0.05, 0.1) is 18.7 Å². The average molecular weight is 284 g/mol. The maximum atomic E-state index is 8.90. The number of benzene rings is 1. The van der Waals surface area contributed by atoms with Crippen molar-refractivity contribution in [2.45, 2.75) is 13.3 Å². The fourth-order valence-corrected chi connectivity index (χ4v) is 1.75. The summed E-state index contributed by atoms with van der Waals surface area (Å²) in [4.78, 5) is 8.62. The van der Waals surface area contributed by atoms with Crippen LogP contribution in [0.3, 0.4) is 0 Å². The van der Waals surface area contributed by atoms with Gasteiger partial charge < -0.3 is 14.8 Å². The molecule has 6 nitrogen and oxygen atoms in total. The number of methoxy groups -OCH3 is 1. The fraction of sp³-hybridized carbons (Fsp3) is 0.267. The Hall–Kier alpha value is -2.81. The Balaban J connectivity index is 2.35. The van der Waals surface area contributed by atoms with Crippen LogP contribution in [0.5, 0.6) is 17.4 Å². The number of aromatic nitrogens is 2. The summed E-state index contributed by atoms with van der Waals surface area (Å²) in [5.74, 6) is 2.78. The quantitative estimate of drug-likeness (QED) is 0.909. The van der Waals surface area contributed by atoms with Gasteiger partial charge in [-0.05, 0) is 12.1 Å². The summed E-state index contributed by atoms with van der Waals surface area (Å²) in [5.41, 5.74) is 0.507. The molecule has 1 N–H and O–H groups in total. The lowest BCUT2D eigenvalue weighted by atomic mass is 10.2. The van der Waals surface area contributed by atoms with Gasteiger partial charge in [0, 0.05) is 25.6 Å². The van der Waals surface area contributed by atoms with E-state index >= 15 is 0 Å². The van der Waals surface area contributed by atoms with Crippen LogP contribution in [0, 0.1) is 11.3 Å². The Labute approximate surface area is 123 Å². The van der Waals surface area contributed by atoms with Gasteiger partial charge in [0.2, 0.25) is 5.88 Å². The summed E-state index contributed by atoms with van der Waals surface area (Å²) in [6, 6.07) is 8.73. The predicted molar refractivity (Wildman–Crippen MR) is 78.7 cm³/mol. The zero-order chi connectivity index (χ0) is 15.2. The standard InChI is InChI=1S/C15H16N4O2/c1-4-13-18-14(17-2)8-15(19-13)21-11-6-5-10(9-16)7-12(11)20-3/h5-8H,4H2,1-3H3,(H,17,18,19). The molecular weight excluding hydrogens is 268 g/mol. The molecule has 108 valence electrons. The highest BCUT2D eigenvalue weighted by Crippen LogP contribution is 2.32. The summed E-state index contributed by atoms with van der Waals surface area (Å²) in [7, 11) is 3.31. The van der Waals surface area contributed by atoms with Crippen LogP contribution in [0.1, 0.15) is 18.3 Å². The third-order valence-electron chi connectivity index (χ3n) is 2.83. The Bertz CT molecular complexity index is 658. The van der Waals surface area contributed by atoms with Gasteiger partial charge >= 0.3 is 0 Å². The minimum Gasteiger partial charge on any atom is -0.493 e. The number of aryl methyl sites for hydroxylation is 1. The van der Waals surface area contributed by atoms with E-state index in [9.17, 15) is 0 Å². The zero-order valence-electron chi connectivity index (χ0n) is 12.2. The first-order valence-electron chi connectivity index (χ1n) is 6.51. The molecule has 0 aliphatic rings. The van der Waals surface area contributed by atoms with E-state index in [0.29, 0.717) is 41.0 Å². The van der Waals surface area contributed by atoms with Gasteiger partial charge in [-0.3, -0.25) is 0 Å². The highest BCUT2D eigenvalue weighted by molar-refractivity contribution is 5.48. The first kappa shape index (κ1) is 14.6. The van der Waals surface area contributed by atoms with Crippen LogP contribution in [0.4, 0.5) is 5.82 Å². The Morgan fingerprint density at radius 2 is 2.05 bits per heavy atom. The predicted octanol–water partition coefficient (Wildman–Crippen LogP) is 2.75. The van der Waals surface area contributed by atoms with Crippen molar-refractivity contribution in [2.75, 3.05) is 19.5 Å². The highest BCUT2D eigenvalue weighted by atomic mass is 16.5. The number of nitrogens with one attached hydrogen (secondary N) is 1. The van der Waals surface area contributed by atoms with Crippen LogP contribution in [0.15, 0.2) is 24.3 Å². The Kier molecular flexibility index (Phi) is 4.57. The summed E-state index contributed by atoms with van der Waals surface area (Å²) < 4.78 is 11.0. The van der Waals surface area contributed by atoms with Crippen molar-refractivity contribution in [3.63, 3.8) is 0 Å². The molecule has 0 saturated carbocycles. The number of nitrogens with zero attached hydrogens (tertiary/aromatic N) is 3. The summed E-state index contributed by atoms with van der Waals surface area (Å²) in [5, 5.41) is 11.9. The molecule has 0 radical (unpaired) electrons. The van der Waals surface area contributed by atoms with Crippen molar-refractivity contribution >= 4 is 5.82 Å². The normalized spacial score (nSPS) is 9.81. The Morgan fingerprint density at radius 3 is 2.67 bits per heavy atom. The Morgan fingerprint density at radius 1 is 1.24 bits per heavy atom. The first-order chi connectivity index (χ1) is 10.2. The lowest BCUT2D eigenvalue weighted by Crippen LogP contribution is -2.01. The average Bonchev–Trinajstić information content (AvgIpc) is 2.54. The molecule has 0 amide bonds. The van der Waals surface area contributed by atoms with Crippen LogP contribution in [-0.2, 0) is 6.42 Å². The molecule has 6 heteroatoms. The number of anilines is 1. The van der Waals surface area contributed by atoms with Gasteiger partial charge in [0.25, 0.3) is 0 Å². The molecule has 0 spiro atoms. The van der Waals surface area contributed by atoms with Gasteiger partial charge in [0.1, 0.15) is 11.6 Å². The third kappa shape index (κ3) is 3.39. The number of hydrogen-bond donors (Lipinski definition) is 1. The molecule has 0 unspecified atom stereocenters. The highest BCUT2D eigenvalue weighted by Gasteiger charge is 2.10. The number of ether oxygens (including phenoxy) is 2. The second-order valence-corrected chi connectivity index (χ2v) is 4.19. The van der Waals surface area contributed by atoms with Gasteiger partial charge in [-0.25, -0.2) is 4.98 Å². The molecule has 2 rings (SSSR count). The van der Waals surface area contributed by atoms with E-state index in [0.717, 1.165) is 0 Å². The SMILES string of the molecule is CCc1nc(NC)cc(Oc2ccc(C#N)cc2OC)n1. The maximum Gasteiger partial charge on any atom is 0.224 e. The van der Waals surface area contributed by atoms with Crippen molar-refractivity contribution < 1.29 is 9.47 Å². The number of rotatable bonds is 5. The van der Waals surface area contributed by atoms with E-state index in [2.05, 4.69) is 21.4 Å². The topological polar surface area (TPSA) is 80.1 Å². The summed E-state index contributed by atoms with van der Waals surface area (Å²) >= 11 is 0. The van der Waals surface area contributed by atoms with Crippen LogP contribution in [-0.4, -0.2) is 24.1 Å². The number of nitriles is 1. The summed E-state index contributed by atoms with van der Waals surface area (Å²) in [6.07, 6.45) is 0.705. The molecule has 21 heavy (non-hydrogen) atoms. The second kappa shape index (κ2) is 6.57. The molecule has 0 atom stereocenters. The number of hydrogen-bond acceptors (Lipinski definition) is 6. The van der Waals surface area contributed by atoms with Gasteiger partial charge in [-0.1, -0.05) is 6.92 Å². The molecule has 0 aliphatic carbocycles. The minimum atomic E-state index is 0.425. The van der Waals surface area contributed by atoms with Crippen LogP contribution < -0.4 is 14.8 Å². The third-order valence-corrected chi connectivity index (χ3v) is 2.83. The molecule has 1 heterocycles.